The van der Waals surface area contributed by atoms with Crippen molar-refractivity contribution < 1.29 is 4.74 Å². The second-order valence-corrected chi connectivity index (χ2v) is 6.26. The molecule has 0 amide bonds. The molecular formula is C19H27N5O. The van der Waals surface area contributed by atoms with Gasteiger partial charge in [0.05, 0.1) is 7.11 Å². The van der Waals surface area contributed by atoms with Gasteiger partial charge in [-0.3, -0.25) is 0 Å². The van der Waals surface area contributed by atoms with Crippen LogP contribution in [0.1, 0.15) is 19.2 Å². The van der Waals surface area contributed by atoms with Crippen molar-refractivity contribution in [2.75, 3.05) is 55.0 Å². The molecule has 1 fully saturated rings. The van der Waals surface area contributed by atoms with Gasteiger partial charge in [-0.25, -0.2) is 9.97 Å². The molecule has 0 saturated carbocycles. The summed E-state index contributed by atoms with van der Waals surface area (Å²) in [4.78, 5) is 13.8. The molecule has 1 aromatic carbocycles. The topological polar surface area (TPSA) is 53.5 Å². The number of hydrogen-bond donors (Lipinski definition) is 1. The Morgan fingerprint density at radius 3 is 2.36 bits per heavy atom. The van der Waals surface area contributed by atoms with Crippen LogP contribution in [-0.2, 0) is 0 Å². The van der Waals surface area contributed by atoms with Crippen LogP contribution in [0.15, 0.2) is 30.3 Å². The highest BCUT2D eigenvalue weighted by Gasteiger charge is 2.19. The number of anilines is 3. The summed E-state index contributed by atoms with van der Waals surface area (Å²) in [7, 11) is 1.70. The van der Waals surface area contributed by atoms with Crippen LogP contribution >= 0.6 is 0 Å². The van der Waals surface area contributed by atoms with E-state index in [1.165, 1.54) is 5.69 Å². The number of ether oxygens (including phenoxy) is 1. The van der Waals surface area contributed by atoms with Crippen LogP contribution in [0.4, 0.5) is 17.3 Å². The zero-order valence-electron chi connectivity index (χ0n) is 15.3. The lowest BCUT2D eigenvalue weighted by molar-refractivity contribution is 0.415. The minimum Gasteiger partial charge on any atom is -0.497 e. The van der Waals surface area contributed by atoms with Crippen LogP contribution < -0.4 is 19.9 Å². The van der Waals surface area contributed by atoms with Crippen molar-refractivity contribution in [2.24, 2.45) is 0 Å². The van der Waals surface area contributed by atoms with E-state index in [2.05, 4.69) is 50.2 Å². The summed E-state index contributed by atoms with van der Waals surface area (Å²) < 4.78 is 5.23. The Balaban J connectivity index is 1.64. The van der Waals surface area contributed by atoms with Gasteiger partial charge in [0.15, 0.2) is 0 Å². The lowest BCUT2D eigenvalue weighted by Crippen LogP contribution is -2.46. The number of aryl methyl sites for hydroxylation is 1. The van der Waals surface area contributed by atoms with Crippen LogP contribution in [-0.4, -0.2) is 49.8 Å². The third-order valence-corrected chi connectivity index (χ3v) is 4.42. The van der Waals surface area contributed by atoms with E-state index in [0.717, 1.165) is 62.4 Å². The van der Waals surface area contributed by atoms with Gasteiger partial charge in [0.25, 0.3) is 0 Å². The van der Waals surface area contributed by atoms with Gasteiger partial charge < -0.3 is 19.9 Å². The van der Waals surface area contributed by atoms with Gasteiger partial charge in [0, 0.05) is 44.5 Å². The smallest absolute Gasteiger partial charge is 0.134 e. The number of rotatable bonds is 6. The first kappa shape index (κ1) is 17.3. The number of hydrogen-bond acceptors (Lipinski definition) is 6. The number of aromatic nitrogens is 2. The number of piperazine rings is 1. The van der Waals surface area contributed by atoms with Crippen molar-refractivity contribution >= 4 is 17.3 Å². The number of benzene rings is 1. The molecule has 0 bridgehead atoms. The standard InChI is InChI=1S/C19H27N5O/c1-4-9-20-18-14-19(22-15(2)21-18)24-12-10-23(11-13-24)16-5-7-17(25-3)8-6-16/h5-8,14H,4,9-13H2,1-3H3,(H,20,21,22). The minimum absolute atomic E-state index is 0.814. The minimum atomic E-state index is 0.814. The van der Waals surface area contributed by atoms with E-state index < -0.39 is 0 Å². The van der Waals surface area contributed by atoms with Crippen LogP contribution in [0.5, 0.6) is 5.75 Å². The first-order chi connectivity index (χ1) is 12.2. The maximum Gasteiger partial charge on any atom is 0.134 e. The van der Waals surface area contributed by atoms with Crippen LogP contribution in [0, 0.1) is 6.92 Å². The van der Waals surface area contributed by atoms with Crippen molar-refractivity contribution in [2.45, 2.75) is 20.3 Å². The molecule has 25 heavy (non-hydrogen) atoms. The highest BCUT2D eigenvalue weighted by Crippen LogP contribution is 2.23. The van der Waals surface area contributed by atoms with E-state index in [1.807, 2.05) is 19.1 Å². The molecule has 0 aliphatic carbocycles. The summed E-state index contributed by atoms with van der Waals surface area (Å²) >= 11 is 0. The molecule has 0 spiro atoms. The fraction of sp³-hybridized carbons (Fsp3) is 0.474. The Kier molecular flexibility index (Phi) is 5.58. The van der Waals surface area contributed by atoms with E-state index in [-0.39, 0.29) is 0 Å². The van der Waals surface area contributed by atoms with E-state index in [1.54, 1.807) is 7.11 Å². The number of nitrogens with one attached hydrogen (secondary N) is 1. The van der Waals surface area contributed by atoms with E-state index in [4.69, 9.17) is 4.74 Å². The maximum atomic E-state index is 5.23. The van der Waals surface area contributed by atoms with Gasteiger partial charge in [-0.05, 0) is 37.6 Å². The molecule has 1 saturated heterocycles. The molecule has 6 heteroatoms. The normalized spacial score (nSPS) is 14.5. The van der Waals surface area contributed by atoms with Crippen molar-refractivity contribution in [3.63, 3.8) is 0 Å². The van der Waals surface area contributed by atoms with Gasteiger partial charge in [0.2, 0.25) is 0 Å². The third kappa shape index (κ3) is 4.32. The Morgan fingerprint density at radius 1 is 1.04 bits per heavy atom. The molecule has 2 heterocycles. The third-order valence-electron chi connectivity index (χ3n) is 4.42. The molecule has 1 aliphatic rings. The van der Waals surface area contributed by atoms with Gasteiger partial charge >= 0.3 is 0 Å². The molecule has 0 radical (unpaired) electrons. The lowest BCUT2D eigenvalue weighted by atomic mass is 10.2. The molecule has 1 aromatic heterocycles. The molecule has 3 rings (SSSR count). The molecule has 134 valence electrons. The SMILES string of the molecule is CCCNc1cc(N2CCN(c3ccc(OC)cc3)CC2)nc(C)n1. The average molecular weight is 341 g/mol. The second-order valence-electron chi connectivity index (χ2n) is 6.26. The van der Waals surface area contributed by atoms with Crippen molar-refractivity contribution in [3.05, 3.63) is 36.2 Å². The van der Waals surface area contributed by atoms with E-state index in [0.29, 0.717) is 0 Å². The molecule has 6 nitrogen and oxygen atoms in total. The molecule has 0 unspecified atom stereocenters. The molecule has 2 aromatic rings. The molecule has 1 N–H and O–H groups in total. The quantitative estimate of drug-likeness (QED) is 0.872. The zero-order valence-corrected chi connectivity index (χ0v) is 15.3. The van der Waals surface area contributed by atoms with Gasteiger partial charge in [-0.1, -0.05) is 6.92 Å². The largest absolute Gasteiger partial charge is 0.497 e. The summed E-state index contributed by atoms with van der Waals surface area (Å²) in [6.07, 6.45) is 1.08. The molecule has 0 atom stereocenters. The Bertz CT molecular complexity index is 681. The van der Waals surface area contributed by atoms with Gasteiger partial charge in [0.1, 0.15) is 23.2 Å². The van der Waals surface area contributed by atoms with Crippen LogP contribution in [0.25, 0.3) is 0 Å². The van der Waals surface area contributed by atoms with Crippen molar-refractivity contribution in [3.8, 4) is 5.75 Å². The first-order valence-corrected chi connectivity index (χ1v) is 8.93. The highest BCUT2D eigenvalue weighted by molar-refractivity contribution is 5.53. The van der Waals surface area contributed by atoms with Gasteiger partial charge in [-0.2, -0.15) is 0 Å². The number of nitrogens with zero attached hydrogens (tertiary/aromatic N) is 4. The van der Waals surface area contributed by atoms with Crippen LogP contribution in [0.2, 0.25) is 0 Å². The summed E-state index contributed by atoms with van der Waals surface area (Å²) in [5.74, 6) is 3.64. The average Bonchev–Trinajstić information content (AvgIpc) is 2.66. The summed E-state index contributed by atoms with van der Waals surface area (Å²) in [5, 5.41) is 3.36. The summed E-state index contributed by atoms with van der Waals surface area (Å²) in [6, 6.07) is 10.3. The predicted octanol–water partition coefficient (Wildman–Crippen LogP) is 2.94. The summed E-state index contributed by atoms with van der Waals surface area (Å²) in [5.41, 5.74) is 1.24. The number of methoxy groups -OCH3 is 1. The zero-order chi connectivity index (χ0) is 17.6. The fourth-order valence-electron chi connectivity index (χ4n) is 3.04. The second kappa shape index (κ2) is 8.05. The summed E-state index contributed by atoms with van der Waals surface area (Å²) in [6.45, 7) is 8.90. The fourth-order valence-corrected chi connectivity index (χ4v) is 3.04. The van der Waals surface area contributed by atoms with E-state index >= 15 is 0 Å². The first-order valence-electron chi connectivity index (χ1n) is 8.93. The monoisotopic (exact) mass is 341 g/mol. The maximum absolute atomic E-state index is 5.23. The highest BCUT2D eigenvalue weighted by atomic mass is 16.5. The molecular weight excluding hydrogens is 314 g/mol. The predicted molar refractivity (Wildman–Crippen MR) is 103 cm³/mol. The van der Waals surface area contributed by atoms with E-state index in [9.17, 15) is 0 Å². The van der Waals surface area contributed by atoms with Crippen molar-refractivity contribution in [1.82, 2.24) is 9.97 Å². The molecule has 1 aliphatic heterocycles. The van der Waals surface area contributed by atoms with Crippen molar-refractivity contribution in [1.29, 1.82) is 0 Å². The van der Waals surface area contributed by atoms with Gasteiger partial charge in [-0.15, -0.1) is 0 Å². The Morgan fingerprint density at radius 2 is 1.72 bits per heavy atom. The van der Waals surface area contributed by atoms with Crippen LogP contribution in [0.3, 0.4) is 0 Å². The Hall–Kier alpha value is -2.50. The Labute approximate surface area is 149 Å². The lowest BCUT2D eigenvalue weighted by Gasteiger charge is -2.37.